The van der Waals surface area contributed by atoms with E-state index in [0.717, 1.165) is 11.3 Å². The Morgan fingerprint density at radius 1 is 1.52 bits per heavy atom. The van der Waals surface area contributed by atoms with Gasteiger partial charge in [0.15, 0.2) is 5.76 Å². The summed E-state index contributed by atoms with van der Waals surface area (Å²) < 4.78 is 11.3. The van der Waals surface area contributed by atoms with Gasteiger partial charge in [-0.15, -0.1) is 10.2 Å². The van der Waals surface area contributed by atoms with Crippen molar-refractivity contribution in [2.45, 2.75) is 0 Å². The van der Waals surface area contributed by atoms with E-state index >= 15 is 0 Å². The molecule has 0 radical (unpaired) electrons. The van der Waals surface area contributed by atoms with Crippen LogP contribution in [0.5, 0.6) is 5.75 Å². The second kappa shape index (κ2) is 6.83. The first-order valence-corrected chi connectivity index (χ1v) is 8.11. The van der Waals surface area contributed by atoms with Crippen molar-refractivity contribution < 1.29 is 13.9 Å². The maximum atomic E-state index is 12.2. The molecule has 0 aliphatic carbocycles. The normalized spacial score (nSPS) is 10.3. The first kappa shape index (κ1) is 16.8. The van der Waals surface area contributed by atoms with Gasteiger partial charge in [0.25, 0.3) is 5.91 Å². The van der Waals surface area contributed by atoms with Gasteiger partial charge in [-0.3, -0.25) is 10.1 Å². The lowest BCUT2D eigenvalue weighted by atomic mass is 10.3. The van der Waals surface area contributed by atoms with Crippen molar-refractivity contribution in [2.24, 2.45) is 0 Å². The number of nitriles is 1. The molecule has 0 bridgehead atoms. The molecule has 0 saturated carbocycles. The van der Waals surface area contributed by atoms with E-state index in [0.29, 0.717) is 5.13 Å². The summed E-state index contributed by atoms with van der Waals surface area (Å²) in [4.78, 5) is 23.9. The van der Waals surface area contributed by atoms with Crippen LogP contribution in [0.4, 0.5) is 5.13 Å². The van der Waals surface area contributed by atoms with E-state index in [4.69, 9.17) is 14.4 Å². The van der Waals surface area contributed by atoms with Gasteiger partial charge in [0.05, 0.1) is 17.8 Å². The zero-order valence-electron chi connectivity index (χ0n) is 12.4. The molecule has 0 aliphatic rings. The molecule has 0 unspecified atom stereocenters. The third-order valence-corrected chi connectivity index (χ3v) is 4.27. The largest absolute Gasteiger partial charge is 0.489 e. The zero-order valence-corrected chi connectivity index (χ0v) is 14.8. The van der Waals surface area contributed by atoms with Crippen molar-refractivity contribution in [3.8, 4) is 17.0 Å². The number of amides is 1. The lowest BCUT2D eigenvalue weighted by Gasteiger charge is -2.03. The molecule has 0 atom stereocenters. The number of hydrogen-bond acceptors (Lipinski definition) is 9. The van der Waals surface area contributed by atoms with E-state index in [1.807, 2.05) is 6.07 Å². The van der Waals surface area contributed by atoms with Crippen molar-refractivity contribution in [3.05, 3.63) is 44.7 Å². The highest BCUT2D eigenvalue weighted by molar-refractivity contribution is 9.10. The molecular weight excluding hydrogens is 416 g/mol. The predicted molar refractivity (Wildman–Crippen MR) is 88.9 cm³/mol. The second-order valence-electron chi connectivity index (χ2n) is 4.36. The Balaban J connectivity index is 1.83. The van der Waals surface area contributed by atoms with Gasteiger partial charge in [0.1, 0.15) is 11.8 Å². The zero-order chi connectivity index (χ0) is 18.0. The maximum absolute atomic E-state index is 12.2. The van der Waals surface area contributed by atoms with Gasteiger partial charge in [-0.2, -0.15) is 15.0 Å². The van der Waals surface area contributed by atoms with Crippen molar-refractivity contribution in [2.75, 3.05) is 12.4 Å². The van der Waals surface area contributed by atoms with Crippen molar-refractivity contribution in [1.82, 2.24) is 20.0 Å². The predicted octanol–water partition coefficient (Wildman–Crippen LogP) is 1.57. The van der Waals surface area contributed by atoms with Gasteiger partial charge in [-0.1, -0.05) is 11.3 Å². The van der Waals surface area contributed by atoms with E-state index in [1.165, 1.54) is 30.1 Å². The third kappa shape index (κ3) is 3.28. The van der Waals surface area contributed by atoms with Gasteiger partial charge < -0.3 is 9.15 Å². The summed E-state index contributed by atoms with van der Waals surface area (Å²) in [7, 11) is 1.31. The molecule has 10 nitrogen and oxygen atoms in total. The number of hydrogen-bond donors (Lipinski definition) is 1. The average molecular weight is 423 g/mol. The van der Waals surface area contributed by atoms with Crippen LogP contribution in [0.3, 0.4) is 0 Å². The van der Waals surface area contributed by atoms with Gasteiger partial charge in [0.2, 0.25) is 16.0 Å². The molecular formula is C13H7BrN6O4S. The standard InChI is InChI=1S/C13H7BrN6O4S/c1-23-9-7(14)4-8(24-11(9)22)10(21)17-12-18-19-13(25-12)20-6(5-15)2-3-16-20/h2-4H,1H3,(H,17,18,21). The maximum Gasteiger partial charge on any atom is 0.380 e. The minimum atomic E-state index is -0.796. The average Bonchev–Trinajstić information content (AvgIpc) is 3.22. The summed E-state index contributed by atoms with van der Waals surface area (Å²) in [6.45, 7) is 0. The highest BCUT2D eigenvalue weighted by atomic mass is 79.9. The van der Waals surface area contributed by atoms with Gasteiger partial charge in [-0.25, -0.2) is 4.79 Å². The fraction of sp³-hybridized carbons (Fsp3) is 0.0769. The molecule has 1 N–H and O–H groups in total. The van der Waals surface area contributed by atoms with Gasteiger partial charge in [-0.05, 0) is 22.0 Å². The smallest absolute Gasteiger partial charge is 0.380 e. The molecule has 12 heteroatoms. The molecule has 0 spiro atoms. The minimum absolute atomic E-state index is 0.0440. The molecule has 0 aromatic carbocycles. The summed E-state index contributed by atoms with van der Waals surface area (Å²) in [6, 6.07) is 4.78. The SMILES string of the molecule is COc1c(Br)cc(C(=O)Nc2nnc(-n3nccc3C#N)s2)oc1=O. The van der Waals surface area contributed by atoms with E-state index in [2.05, 4.69) is 36.5 Å². The molecule has 3 rings (SSSR count). The van der Waals surface area contributed by atoms with Crippen LogP contribution in [-0.4, -0.2) is 33.0 Å². The number of ether oxygens (including phenoxy) is 1. The molecule has 3 heterocycles. The van der Waals surface area contributed by atoms with E-state index < -0.39 is 11.5 Å². The lowest BCUT2D eigenvalue weighted by Crippen LogP contribution is -2.15. The molecule has 1 amide bonds. The number of nitrogens with one attached hydrogen (secondary N) is 1. The van der Waals surface area contributed by atoms with Crippen LogP contribution in [0.2, 0.25) is 0 Å². The summed E-state index contributed by atoms with van der Waals surface area (Å²) in [5.74, 6) is -0.965. The Labute approximate surface area is 151 Å². The Morgan fingerprint density at radius 2 is 2.32 bits per heavy atom. The lowest BCUT2D eigenvalue weighted by molar-refractivity contribution is 0.0991. The van der Waals surface area contributed by atoms with Crippen LogP contribution in [-0.2, 0) is 0 Å². The van der Waals surface area contributed by atoms with Crippen molar-refractivity contribution in [1.29, 1.82) is 5.26 Å². The summed E-state index contributed by atoms with van der Waals surface area (Å²) in [6.07, 6.45) is 1.45. The number of aromatic nitrogens is 4. The quantitative estimate of drug-likeness (QED) is 0.668. The summed E-state index contributed by atoms with van der Waals surface area (Å²) >= 11 is 4.12. The second-order valence-corrected chi connectivity index (χ2v) is 6.17. The number of carbonyl (C=O) groups excluding carboxylic acids is 1. The van der Waals surface area contributed by atoms with E-state index in [9.17, 15) is 9.59 Å². The third-order valence-electron chi connectivity index (χ3n) is 2.86. The number of nitrogens with zero attached hydrogens (tertiary/aromatic N) is 5. The molecule has 3 aromatic rings. The van der Waals surface area contributed by atoms with Crippen molar-refractivity contribution in [3.63, 3.8) is 0 Å². The first-order valence-electron chi connectivity index (χ1n) is 6.50. The Hall–Kier alpha value is -3.04. The van der Waals surface area contributed by atoms with Crippen LogP contribution in [0.25, 0.3) is 5.13 Å². The van der Waals surface area contributed by atoms with E-state index in [-0.39, 0.29) is 26.8 Å². The number of anilines is 1. The molecule has 0 aliphatic heterocycles. The van der Waals surface area contributed by atoms with Crippen LogP contribution in [0, 0.1) is 11.3 Å². The fourth-order valence-corrected chi connectivity index (χ4v) is 3.04. The highest BCUT2D eigenvalue weighted by Gasteiger charge is 2.18. The number of halogens is 1. The molecule has 0 saturated heterocycles. The fourth-order valence-electron chi connectivity index (χ4n) is 1.80. The summed E-state index contributed by atoms with van der Waals surface area (Å²) in [5.41, 5.74) is -0.519. The molecule has 0 fully saturated rings. The number of carbonyl (C=O) groups is 1. The molecule has 25 heavy (non-hydrogen) atoms. The van der Waals surface area contributed by atoms with Crippen LogP contribution < -0.4 is 15.7 Å². The summed E-state index contributed by atoms with van der Waals surface area (Å²) in [5, 5.41) is 23.5. The Kier molecular flexibility index (Phi) is 4.59. The van der Waals surface area contributed by atoms with Crippen molar-refractivity contribution >= 4 is 38.3 Å². The Morgan fingerprint density at radius 3 is 3.00 bits per heavy atom. The molecule has 3 aromatic heterocycles. The first-order chi connectivity index (χ1) is 12.0. The van der Waals surface area contributed by atoms with Gasteiger partial charge in [0, 0.05) is 6.07 Å². The van der Waals surface area contributed by atoms with E-state index in [1.54, 1.807) is 0 Å². The molecule has 126 valence electrons. The van der Waals surface area contributed by atoms with Crippen LogP contribution in [0.1, 0.15) is 16.2 Å². The van der Waals surface area contributed by atoms with Crippen LogP contribution >= 0.6 is 27.3 Å². The number of methoxy groups -OCH3 is 1. The van der Waals surface area contributed by atoms with Gasteiger partial charge >= 0.3 is 5.63 Å². The Bertz CT molecular complexity index is 1050. The van der Waals surface area contributed by atoms with Crippen LogP contribution in [0.15, 0.2) is 32.0 Å². The minimum Gasteiger partial charge on any atom is -0.489 e. The highest BCUT2D eigenvalue weighted by Crippen LogP contribution is 2.23. The monoisotopic (exact) mass is 422 g/mol. The topological polar surface area (TPSA) is 136 Å². The number of rotatable bonds is 4.